The molecule has 0 atom stereocenters. The quantitative estimate of drug-likeness (QED) is 0.619. The summed E-state index contributed by atoms with van der Waals surface area (Å²) in [4.78, 5) is 4.01. The Bertz CT molecular complexity index is 537. The molecule has 19 heavy (non-hydrogen) atoms. The first-order valence-electron chi connectivity index (χ1n) is 5.79. The summed E-state index contributed by atoms with van der Waals surface area (Å²) < 4.78 is 24.0. The second-order valence-electron chi connectivity index (χ2n) is 4.07. The number of hydrogen-bond acceptors (Lipinski definition) is 3. The minimum Gasteiger partial charge on any atom is -0.359 e. The zero-order valence-electron chi connectivity index (χ0n) is 11.6. The SMILES string of the molecule is CN=C(NC)NCc1ccc(N(C)S(C)(=O)=O)cc1. The molecular weight excluding hydrogens is 264 g/mol. The van der Waals surface area contributed by atoms with E-state index in [1.54, 1.807) is 26.2 Å². The van der Waals surface area contributed by atoms with Crippen molar-refractivity contribution in [2.24, 2.45) is 4.99 Å². The second-order valence-corrected chi connectivity index (χ2v) is 6.09. The van der Waals surface area contributed by atoms with Crippen LogP contribution in [0.3, 0.4) is 0 Å². The van der Waals surface area contributed by atoms with Gasteiger partial charge >= 0.3 is 0 Å². The molecule has 1 aromatic rings. The summed E-state index contributed by atoms with van der Waals surface area (Å²) in [6.45, 7) is 0.621. The molecule has 6 nitrogen and oxygen atoms in total. The van der Waals surface area contributed by atoms with Gasteiger partial charge in [-0.25, -0.2) is 8.42 Å². The van der Waals surface area contributed by atoms with Crippen molar-refractivity contribution in [1.29, 1.82) is 0 Å². The monoisotopic (exact) mass is 284 g/mol. The van der Waals surface area contributed by atoms with Crippen LogP contribution in [0.2, 0.25) is 0 Å². The van der Waals surface area contributed by atoms with Crippen LogP contribution in [0.15, 0.2) is 29.3 Å². The molecule has 0 aliphatic heterocycles. The molecule has 0 unspecified atom stereocenters. The molecule has 0 saturated carbocycles. The molecule has 0 heterocycles. The maximum absolute atomic E-state index is 11.4. The van der Waals surface area contributed by atoms with E-state index in [2.05, 4.69) is 15.6 Å². The molecule has 106 valence electrons. The number of hydrogen-bond donors (Lipinski definition) is 2. The zero-order chi connectivity index (χ0) is 14.5. The highest BCUT2D eigenvalue weighted by Gasteiger charge is 2.11. The summed E-state index contributed by atoms with van der Waals surface area (Å²) in [6.07, 6.45) is 1.18. The van der Waals surface area contributed by atoms with Gasteiger partial charge in [-0.05, 0) is 17.7 Å². The molecule has 0 fully saturated rings. The average molecular weight is 284 g/mol. The van der Waals surface area contributed by atoms with E-state index in [1.807, 2.05) is 12.1 Å². The summed E-state index contributed by atoms with van der Waals surface area (Å²) in [7, 11) is 1.81. The lowest BCUT2D eigenvalue weighted by molar-refractivity contribution is 0.600. The third-order valence-electron chi connectivity index (χ3n) is 2.72. The number of nitrogens with one attached hydrogen (secondary N) is 2. The molecular formula is C12H20N4O2S. The van der Waals surface area contributed by atoms with Gasteiger partial charge in [0.05, 0.1) is 11.9 Å². The topological polar surface area (TPSA) is 73.8 Å². The van der Waals surface area contributed by atoms with Crippen LogP contribution in [0.1, 0.15) is 5.56 Å². The Labute approximate surface area is 114 Å². The molecule has 0 aliphatic carbocycles. The first-order valence-corrected chi connectivity index (χ1v) is 7.64. The number of aliphatic imine (C=N–C) groups is 1. The fourth-order valence-electron chi connectivity index (χ4n) is 1.48. The number of rotatable bonds is 4. The van der Waals surface area contributed by atoms with Crippen LogP contribution in [0.25, 0.3) is 0 Å². The smallest absolute Gasteiger partial charge is 0.231 e. The molecule has 2 N–H and O–H groups in total. The summed E-state index contributed by atoms with van der Waals surface area (Å²) in [5.41, 5.74) is 1.69. The Hall–Kier alpha value is -1.76. The van der Waals surface area contributed by atoms with E-state index in [0.29, 0.717) is 18.2 Å². The van der Waals surface area contributed by atoms with Gasteiger partial charge in [-0.1, -0.05) is 12.1 Å². The van der Waals surface area contributed by atoms with Gasteiger partial charge in [0.1, 0.15) is 0 Å². The molecule has 0 bridgehead atoms. The molecule has 0 aliphatic rings. The van der Waals surface area contributed by atoms with Crippen LogP contribution >= 0.6 is 0 Å². The normalized spacial score (nSPS) is 12.1. The first-order chi connectivity index (χ1) is 8.88. The van der Waals surface area contributed by atoms with Crippen molar-refractivity contribution in [3.63, 3.8) is 0 Å². The predicted octanol–water partition coefficient (Wildman–Crippen LogP) is 0.377. The standard InChI is InChI=1S/C12H20N4O2S/c1-13-12(14-2)15-9-10-5-7-11(8-6-10)16(3)19(4,17)18/h5-8H,9H2,1-4H3,(H2,13,14,15). The van der Waals surface area contributed by atoms with Crippen molar-refractivity contribution in [2.75, 3.05) is 31.7 Å². The molecule has 0 spiro atoms. The average Bonchev–Trinajstić information content (AvgIpc) is 2.39. The van der Waals surface area contributed by atoms with E-state index in [0.717, 1.165) is 5.56 Å². The highest BCUT2D eigenvalue weighted by Crippen LogP contribution is 2.16. The van der Waals surface area contributed by atoms with Crippen LogP contribution < -0.4 is 14.9 Å². The lowest BCUT2D eigenvalue weighted by Gasteiger charge is -2.17. The third kappa shape index (κ3) is 4.44. The van der Waals surface area contributed by atoms with Crippen molar-refractivity contribution >= 4 is 21.7 Å². The van der Waals surface area contributed by atoms with Crippen LogP contribution in [-0.2, 0) is 16.6 Å². The van der Waals surface area contributed by atoms with Gasteiger partial charge in [-0.3, -0.25) is 9.30 Å². The summed E-state index contributed by atoms with van der Waals surface area (Å²) in [6, 6.07) is 7.32. The molecule has 0 radical (unpaired) electrons. The van der Waals surface area contributed by atoms with Crippen LogP contribution in [0, 0.1) is 0 Å². The highest BCUT2D eigenvalue weighted by molar-refractivity contribution is 7.92. The molecule has 0 amide bonds. The molecule has 0 aromatic heterocycles. The number of anilines is 1. The summed E-state index contributed by atoms with van der Waals surface area (Å²) in [5, 5.41) is 6.04. The lowest BCUT2D eigenvalue weighted by Crippen LogP contribution is -2.34. The molecule has 1 rings (SSSR count). The van der Waals surface area contributed by atoms with Crippen molar-refractivity contribution in [3.05, 3.63) is 29.8 Å². The highest BCUT2D eigenvalue weighted by atomic mass is 32.2. The van der Waals surface area contributed by atoms with E-state index >= 15 is 0 Å². The number of benzene rings is 1. The fraction of sp³-hybridized carbons (Fsp3) is 0.417. The minimum atomic E-state index is -3.21. The first kappa shape index (κ1) is 15.3. The third-order valence-corrected chi connectivity index (χ3v) is 3.92. The Balaban J connectivity index is 2.72. The van der Waals surface area contributed by atoms with Gasteiger partial charge < -0.3 is 10.6 Å². The Kier molecular flexibility index (Phi) is 5.17. The Morgan fingerprint density at radius 1 is 1.32 bits per heavy atom. The van der Waals surface area contributed by atoms with E-state index in [9.17, 15) is 8.42 Å². The molecule has 0 saturated heterocycles. The summed E-state index contributed by atoms with van der Waals surface area (Å²) in [5.74, 6) is 0.706. The fourth-order valence-corrected chi connectivity index (χ4v) is 1.98. The van der Waals surface area contributed by atoms with Crippen LogP contribution in [0.5, 0.6) is 0 Å². The van der Waals surface area contributed by atoms with Crippen molar-refractivity contribution in [2.45, 2.75) is 6.54 Å². The second kappa shape index (κ2) is 6.42. The van der Waals surface area contributed by atoms with Gasteiger partial charge in [0.15, 0.2) is 5.96 Å². The van der Waals surface area contributed by atoms with E-state index < -0.39 is 10.0 Å². The van der Waals surface area contributed by atoms with Crippen LogP contribution in [0.4, 0.5) is 5.69 Å². The van der Waals surface area contributed by atoms with Gasteiger partial charge in [-0.2, -0.15) is 0 Å². The van der Waals surface area contributed by atoms with Crippen LogP contribution in [-0.4, -0.2) is 41.8 Å². The number of sulfonamides is 1. The maximum atomic E-state index is 11.4. The largest absolute Gasteiger partial charge is 0.359 e. The molecule has 7 heteroatoms. The molecule has 1 aromatic carbocycles. The maximum Gasteiger partial charge on any atom is 0.231 e. The summed E-state index contributed by atoms with van der Waals surface area (Å²) >= 11 is 0. The predicted molar refractivity (Wildman–Crippen MR) is 78.9 cm³/mol. The van der Waals surface area contributed by atoms with E-state index in [1.165, 1.54) is 17.6 Å². The Morgan fingerprint density at radius 3 is 2.32 bits per heavy atom. The van der Waals surface area contributed by atoms with Crippen molar-refractivity contribution in [3.8, 4) is 0 Å². The Morgan fingerprint density at radius 2 is 1.89 bits per heavy atom. The van der Waals surface area contributed by atoms with E-state index in [4.69, 9.17) is 0 Å². The number of guanidine groups is 1. The van der Waals surface area contributed by atoms with Gasteiger partial charge in [0.2, 0.25) is 10.0 Å². The van der Waals surface area contributed by atoms with Gasteiger partial charge in [0, 0.05) is 27.7 Å². The number of nitrogens with zero attached hydrogens (tertiary/aromatic N) is 2. The van der Waals surface area contributed by atoms with Gasteiger partial charge in [0.25, 0.3) is 0 Å². The van der Waals surface area contributed by atoms with Crippen molar-refractivity contribution < 1.29 is 8.42 Å². The lowest BCUT2D eigenvalue weighted by atomic mass is 10.2. The minimum absolute atomic E-state index is 0.621. The van der Waals surface area contributed by atoms with Gasteiger partial charge in [-0.15, -0.1) is 0 Å². The van der Waals surface area contributed by atoms with E-state index in [-0.39, 0.29) is 0 Å². The van der Waals surface area contributed by atoms with Crippen molar-refractivity contribution in [1.82, 2.24) is 10.6 Å². The zero-order valence-corrected chi connectivity index (χ0v) is 12.5.